The first kappa shape index (κ1) is 16.3. The number of hydrogen-bond donors (Lipinski definition) is 2. The van der Waals surface area contributed by atoms with Crippen LogP contribution in [0.3, 0.4) is 0 Å². The Morgan fingerprint density at radius 2 is 2.00 bits per heavy atom. The second kappa shape index (κ2) is 6.89. The molecule has 0 aromatic heterocycles. The van der Waals surface area contributed by atoms with Gasteiger partial charge in [0.1, 0.15) is 11.9 Å². The van der Waals surface area contributed by atoms with Gasteiger partial charge in [-0.1, -0.05) is 6.07 Å². The summed E-state index contributed by atoms with van der Waals surface area (Å²) in [5.41, 5.74) is 2.50. The van der Waals surface area contributed by atoms with Crippen LogP contribution in [0.4, 0.5) is 0 Å². The first-order chi connectivity index (χ1) is 11.0. The van der Waals surface area contributed by atoms with Crippen molar-refractivity contribution in [1.29, 1.82) is 0 Å². The van der Waals surface area contributed by atoms with Crippen LogP contribution in [-0.4, -0.2) is 53.8 Å². The van der Waals surface area contributed by atoms with E-state index in [1.165, 1.54) is 11.1 Å². The molecule has 2 heterocycles. The van der Waals surface area contributed by atoms with Gasteiger partial charge in [-0.25, -0.2) is 0 Å². The maximum Gasteiger partial charge on any atom is 0.239 e. The van der Waals surface area contributed by atoms with Gasteiger partial charge in [0.25, 0.3) is 0 Å². The molecule has 1 amide bonds. The molecule has 5 nitrogen and oxygen atoms in total. The molecule has 0 spiro atoms. The molecule has 1 aromatic carbocycles. The smallest absolute Gasteiger partial charge is 0.239 e. The molecule has 5 heteroatoms. The van der Waals surface area contributed by atoms with E-state index in [-0.39, 0.29) is 18.1 Å². The quantitative estimate of drug-likeness (QED) is 0.884. The van der Waals surface area contributed by atoms with Gasteiger partial charge < -0.3 is 20.1 Å². The average Bonchev–Trinajstić information content (AvgIpc) is 2.97. The summed E-state index contributed by atoms with van der Waals surface area (Å²) in [5, 5.41) is 12.6. The van der Waals surface area contributed by atoms with Gasteiger partial charge in [-0.15, -0.1) is 0 Å². The van der Waals surface area contributed by atoms with Crippen molar-refractivity contribution >= 4 is 5.91 Å². The highest BCUT2D eigenvalue weighted by Crippen LogP contribution is 2.22. The standard InChI is InChI=1S/C18H26N2O3/c1-12-3-4-16(9-13(12)2)23-15-5-7-20(8-6-15)18(22)17-10-14(21)11-19-17/h3-4,9,14-15,17,19,21H,5-8,10-11H2,1-2H3/t14-,17-/m0/s1. The number of aliphatic hydroxyl groups excluding tert-OH is 1. The fraction of sp³-hybridized carbons (Fsp3) is 0.611. The fourth-order valence-corrected chi connectivity index (χ4v) is 3.30. The van der Waals surface area contributed by atoms with Crippen molar-refractivity contribution < 1.29 is 14.6 Å². The van der Waals surface area contributed by atoms with Crippen LogP contribution in [0.25, 0.3) is 0 Å². The van der Waals surface area contributed by atoms with Crippen LogP contribution in [0.2, 0.25) is 0 Å². The lowest BCUT2D eigenvalue weighted by atomic mass is 10.1. The van der Waals surface area contributed by atoms with Gasteiger partial charge in [0.05, 0.1) is 12.1 Å². The summed E-state index contributed by atoms with van der Waals surface area (Å²) < 4.78 is 6.07. The van der Waals surface area contributed by atoms with Crippen molar-refractivity contribution in [3.8, 4) is 5.75 Å². The van der Waals surface area contributed by atoms with E-state index in [0.717, 1.165) is 31.7 Å². The number of aliphatic hydroxyl groups is 1. The Morgan fingerprint density at radius 3 is 2.61 bits per heavy atom. The number of aryl methyl sites for hydroxylation is 2. The number of amides is 1. The molecule has 2 atom stereocenters. The highest BCUT2D eigenvalue weighted by Gasteiger charge is 2.33. The summed E-state index contributed by atoms with van der Waals surface area (Å²) >= 11 is 0. The zero-order chi connectivity index (χ0) is 16.4. The number of carbonyl (C=O) groups excluding carboxylic acids is 1. The Bertz CT molecular complexity index is 567. The van der Waals surface area contributed by atoms with Crippen LogP contribution >= 0.6 is 0 Å². The van der Waals surface area contributed by atoms with Gasteiger partial charge in [0.2, 0.25) is 5.91 Å². The summed E-state index contributed by atoms with van der Waals surface area (Å²) in [7, 11) is 0. The largest absolute Gasteiger partial charge is 0.490 e. The number of ether oxygens (including phenoxy) is 1. The third-order valence-electron chi connectivity index (χ3n) is 4.94. The van der Waals surface area contributed by atoms with E-state index in [4.69, 9.17) is 4.74 Å². The van der Waals surface area contributed by atoms with E-state index < -0.39 is 6.10 Å². The lowest BCUT2D eigenvalue weighted by Crippen LogP contribution is -2.48. The molecule has 2 fully saturated rings. The van der Waals surface area contributed by atoms with Crippen molar-refractivity contribution in [1.82, 2.24) is 10.2 Å². The second-order valence-corrected chi connectivity index (χ2v) is 6.74. The highest BCUT2D eigenvalue weighted by molar-refractivity contribution is 5.82. The van der Waals surface area contributed by atoms with Gasteiger partial charge >= 0.3 is 0 Å². The third kappa shape index (κ3) is 3.85. The van der Waals surface area contributed by atoms with E-state index in [2.05, 4.69) is 31.3 Å². The van der Waals surface area contributed by atoms with Crippen LogP contribution in [0.5, 0.6) is 5.75 Å². The summed E-state index contributed by atoms with van der Waals surface area (Å²) in [5.74, 6) is 1.03. The predicted molar refractivity (Wildman–Crippen MR) is 88.6 cm³/mol. The molecule has 1 aromatic rings. The molecular weight excluding hydrogens is 292 g/mol. The van der Waals surface area contributed by atoms with Gasteiger partial charge in [0, 0.05) is 32.5 Å². The number of rotatable bonds is 3. The topological polar surface area (TPSA) is 61.8 Å². The summed E-state index contributed by atoms with van der Waals surface area (Å²) in [6.45, 7) is 6.15. The summed E-state index contributed by atoms with van der Waals surface area (Å²) in [4.78, 5) is 14.3. The Labute approximate surface area is 137 Å². The van der Waals surface area contributed by atoms with E-state index in [1.807, 2.05) is 11.0 Å². The normalized spacial score (nSPS) is 25.6. The van der Waals surface area contributed by atoms with Crippen molar-refractivity contribution in [3.05, 3.63) is 29.3 Å². The number of piperidine rings is 1. The summed E-state index contributed by atoms with van der Waals surface area (Å²) in [6.07, 6.45) is 2.01. The van der Waals surface area contributed by atoms with Crippen LogP contribution in [-0.2, 0) is 4.79 Å². The molecule has 2 aliphatic rings. The van der Waals surface area contributed by atoms with Gasteiger partial charge in [-0.2, -0.15) is 0 Å². The number of benzene rings is 1. The second-order valence-electron chi connectivity index (χ2n) is 6.74. The van der Waals surface area contributed by atoms with Gasteiger partial charge in [-0.05, 0) is 43.5 Å². The molecular formula is C18H26N2O3. The molecule has 0 unspecified atom stereocenters. The van der Waals surface area contributed by atoms with E-state index in [1.54, 1.807) is 0 Å². The maximum absolute atomic E-state index is 12.4. The van der Waals surface area contributed by atoms with Crippen LogP contribution in [0.15, 0.2) is 18.2 Å². The molecule has 0 bridgehead atoms. The molecule has 2 saturated heterocycles. The molecule has 126 valence electrons. The first-order valence-electron chi connectivity index (χ1n) is 8.47. The average molecular weight is 318 g/mol. The molecule has 2 N–H and O–H groups in total. The molecule has 3 rings (SSSR count). The maximum atomic E-state index is 12.4. The first-order valence-corrected chi connectivity index (χ1v) is 8.47. The monoisotopic (exact) mass is 318 g/mol. The number of β-amino-alcohol motifs (C(OH)–C–C–N with tert-alkyl or cyclic N) is 1. The Morgan fingerprint density at radius 1 is 1.26 bits per heavy atom. The van der Waals surface area contributed by atoms with Crippen molar-refractivity contribution in [2.75, 3.05) is 19.6 Å². The Hall–Kier alpha value is -1.59. The Balaban J connectivity index is 1.50. The molecule has 0 aliphatic carbocycles. The zero-order valence-corrected chi connectivity index (χ0v) is 13.9. The van der Waals surface area contributed by atoms with Crippen LogP contribution < -0.4 is 10.1 Å². The molecule has 0 radical (unpaired) electrons. The van der Waals surface area contributed by atoms with E-state index in [9.17, 15) is 9.90 Å². The van der Waals surface area contributed by atoms with Crippen molar-refractivity contribution in [2.24, 2.45) is 0 Å². The lowest BCUT2D eigenvalue weighted by Gasteiger charge is -2.33. The van der Waals surface area contributed by atoms with Crippen LogP contribution in [0.1, 0.15) is 30.4 Å². The number of nitrogens with one attached hydrogen (secondary N) is 1. The van der Waals surface area contributed by atoms with Crippen molar-refractivity contribution in [3.63, 3.8) is 0 Å². The number of nitrogens with zero attached hydrogens (tertiary/aromatic N) is 1. The molecule has 23 heavy (non-hydrogen) atoms. The summed E-state index contributed by atoms with van der Waals surface area (Å²) in [6, 6.07) is 5.96. The minimum atomic E-state index is -0.394. The Kier molecular flexibility index (Phi) is 4.87. The molecule has 0 saturated carbocycles. The zero-order valence-electron chi connectivity index (χ0n) is 13.9. The van der Waals surface area contributed by atoms with E-state index >= 15 is 0 Å². The number of hydrogen-bond acceptors (Lipinski definition) is 4. The fourth-order valence-electron chi connectivity index (χ4n) is 3.30. The SMILES string of the molecule is Cc1ccc(OC2CCN(C(=O)[C@@H]3C[C@H](O)CN3)CC2)cc1C. The highest BCUT2D eigenvalue weighted by atomic mass is 16.5. The van der Waals surface area contributed by atoms with Crippen LogP contribution in [0, 0.1) is 13.8 Å². The van der Waals surface area contributed by atoms with Gasteiger partial charge in [0.15, 0.2) is 0 Å². The van der Waals surface area contributed by atoms with E-state index in [0.29, 0.717) is 13.0 Å². The van der Waals surface area contributed by atoms with Crippen molar-refractivity contribution in [2.45, 2.75) is 51.4 Å². The predicted octanol–water partition coefficient (Wildman–Crippen LogP) is 1.40. The lowest BCUT2D eigenvalue weighted by molar-refractivity contribution is -0.135. The molecule has 2 aliphatic heterocycles. The minimum Gasteiger partial charge on any atom is -0.490 e. The minimum absolute atomic E-state index is 0.117. The number of carbonyl (C=O) groups is 1. The number of likely N-dealkylation sites (tertiary alicyclic amines) is 1. The third-order valence-corrected chi connectivity index (χ3v) is 4.94. The van der Waals surface area contributed by atoms with Gasteiger partial charge in [-0.3, -0.25) is 4.79 Å².